The zero-order chi connectivity index (χ0) is 10.8. The van der Waals surface area contributed by atoms with Gasteiger partial charge >= 0.3 is 0 Å². The zero-order valence-corrected chi connectivity index (χ0v) is 10.7. The van der Waals surface area contributed by atoms with Gasteiger partial charge in [-0.3, -0.25) is 0 Å². The van der Waals surface area contributed by atoms with Crippen LogP contribution in [-0.2, 0) is 0 Å². The van der Waals surface area contributed by atoms with E-state index >= 15 is 0 Å². The summed E-state index contributed by atoms with van der Waals surface area (Å²) in [4.78, 5) is 0.937. The van der Waals surface area contributed by atoms with Crippen LogP contribution in [-0.4, -0.2) is 0 Å². The molecule has 1 aromatic carbocycles. The lowest BCUT2D eigenvalue weighted by atomic mass is 10.1. The van der Waals surface area contributed by atoms with E-state index in [1.165, 1.54) is 11.3 Å². The molecular formula is C11H7Cl3S. The molecule has 1 unspecified atom stereocenters. The van der Waals surface area contributed by atoms with E-state index in [9.17, 15) is 0 Å². The second-order valence-electron chi connectivity index (χ2n) is 3.02. The Morgan fingerprint density at radius 1 is 1.00 bits per heavy atom. The Kier molecular flexibility index (Phi) is 3.57. The third kappa shape index (κ3) is 2.31. The lowest BCUT2D eigenvalue weighted by molar-refractivity contribution is 1.18. The Morgan fingerprint density at radius 3 is 2.33 bits per heavy atom. The zero-order valence-electron chi connectivity index (χ0n) is 7.58. The van der Waals surface area contributed by atoms with Gasteiger partial charge in [-0.15, -0.1) is 22.9 Å². The van der Waals surface area contributed by atoms with Crippen LogP contribution in [0.25, 0.3) is 0 Å². The molecule has 0 spiro atoms. The van der Waals surface area contributed by atoms with Crippen LogP contribution < -0.4 is 0 Å². The molecule has 0 aliphatic rings. The molecule has 1 aromatic heterocycles. The third-order valence-electron chi connectivity index (χ3n) is 2.05. The summed E-state index contributed by atoms with van der Waals surface area (Å²) >= 11 is 19.9. The topological polar surface area (TPSA) is 0 Å². The number of hydrogen-bond acceptors (Lipinski definition) is 1. The highest BCUT2D eigenvalue weighted by Crippen LogP contribution is 2.39. The number of alkyl halides is 1. The number of rotatable bonds is 2. The van der Waals surface area contributed by atoms with Crippen molar-refractivity contribution < 1.29 is 0 Å². The van der Waals surface area contributed by atoms with E-state index in [-0.39, 0.29) is 5.38 Å². The first-order valence-electron chi connectivity index (χ1n) is 4.31. The van der Waals surface area contributed by atoms with Gasteiger partial charge in [-0.05, 0) is 23.1 Å². The SMILES string of the molecule is Clc1ccccc1C(Cl)c1sccc1Cl. The van der Waals surface area contributed by atoms with Crippen molar-refractivity contribution in [3.05, 3.63) is 56.2 Å². The predicted octanol–water partition coefficient (Wildman–Crippen LogP) is 5.38. The van der Waals surface area contributed by atoms with Crippen LogP contribution in [0.2, 0.25) is 10.0 Å². The molecule has 0 saturated heterocycles. The number of benzene rings is 1. The smallest absolute Gasteiger partial charge is 0.0957 e. The summed E-state index contributed by atoms with van der Waals surface area (Å²) < 4.78 is 0. The maximum atomic E-state index is 6.33. The molecule has 0 fully saturated rings. The molecule has 0 saturated carbocycles. The summed E-state index contributed by atoms with van der Waals surface area (Å²) in [7, 11) is 0. The van der Waals surface area contributed by atoms with Gasteiger partial charge in [0.05, 0.1) is 10.4 Å². The molecule has 0 bridgehead atoms. The Bertz CT molecular complexity index is 464. The van der Waals surface area contributed by atoms with E-state index < -0.39 is 0 Å². The van der Waals surface area contributed by atoms with Gasteiger partial charge in [0.15, 0.2) is 0 Å². The van der Waals surface area contributed by atoms with E-state index in [2.05, 4.69) is 0 Å². The first kappa shape index (κ1) is 11.3. The fraction of sp³-hybridized carbons (Fsp3) is 0.0909. The second kappa shape index (κ2) is 4.75. The van der Waals surface area contributed by atoms with Crippen LogP contribution >= 0.6 is 46.1 Å². The molecule has 1 heterocycles. The van der Waals surface area contributed by atoms with Crippen LogP contribution in [0.4, 0.5) is 0 Å². The molecule has 0 aliphatic heterocycles. The number of thiophene rings is 1. The van der Waals surface area contributed by atoms with Crippen molar-refractivity contribution >= 4 is 46.1 Å². The Morgan fingerprint density at radius 2 is 1.73 bits per heavy atom. The van der Waals surface area contributed by atoms with E-state index in [4.69, 9.17) is 34.8 Å². The van der Waals surface area contributed by atoms with E-state index in [1.54, 1.807) is 0 Å². The van der Waals surface area contributed by atoms with Gasteiger partial charge in [0.25, 0.3) is 0 Å². The fourth-order valence-corrected chi connectivity index (χ4v) is 3.29. The van der Waals surface area contributed by atoms with Gasteiger partial charge in [0.1, 0.15) is 0 Å². The van der Waals surface area contributed by atoms with Gasteiger partial charge in [0, 0.05) is 9.90 Å². The quantitative estimate of drug-likeness (QED) is 0.646. The molecular weight excluding hydrogens is 271 g/mol. The van der Waals surface area contributed by atoms with Gasteiger partial charge in [-0.1, -0.05) is 41.4 Å². The largest absolute Gasteiger partial charge is 0.145 e. The molecule has 78 valence electrons. The number of hydrogen-bond donors (Lipinski definition) is 0. The summed E-state index contributed by atoms with van der Waals surface area (Å²) in [5.41, 5.74) is 0.894. The lowest BCUT2D eigenvalue weighted by Crippen LogP contribution is -1.91. The third-order valence-corrected chi connectivity index (χ3v) is 4.40. The van der Waals surface area contributed by atoms with Crippen LogP contribution in [0.3, 0.4) is 0 Å². The van der Waals surface area contributed by atoms with Crippen molar-refractivity contribution in [3.63, 3.8) is 0 Å². The van der Waals surface area contributed by atoms with Crippen molar-refractivity contribution in [1.29, 1.82) is 0 Å². The Balaban J connectivity index is 2.41. The highest BCUT2D eigenvalue weighted by molar-refractivity contribution is 7.11. The summed E-state index contributed by atoms with van der Waals surface area (Å²) in [5.74, 6) is 0. The minimum absolute atomic E-state index is 0.272. The molecule has 15 heavy (non-hydrogen) atoms. The summed E-state index contributed by atoms with van der Waals surface area (Å²) in [6.45, 7) is 0. The van der Waals surface area contributed by atoms with Gasteiger partial charge in [-0.2, -0.15) is 0 Å². The van der Waals surface area contributed by atoms with Gasteiger partial charge in [-0.25, -0.2) is 0 Å². The van der Waals surface area contributed by atoms with Crippen molar-refractivity contribution in [2.45, 2.75) is 5.38 Å². The van der Waals surface area contributed by atoms with Crippen LogP contribution in [0.5, 0.6) is 0 Å². The molecule has 0 amide bonds. The normalized spacial score (nSPS) is 12.7. The van der Waals surface area contributed by atoms with Crippen LogP contribution in [0.1, 0.15) is 15.8 Å². The Hall–Kier alpha value is -0.210. The monoisotopic (exact) mass is 276 g/mol. The average Bonchev–Trinajstić information content (AvgIpc) is 2.64. The minimum atomic E-state index is -0.272. The van der Waals surface area contributed by atoms with Crippen molar-refractivity contribution in [1.82, 2.24) is 0 Å². The second-order valence-corrected chi connectivity index (χ2v) is 5.22. The Labute approximate surface area is 107 Å². The maximum absolute atomic E-state index is 6.33. The van der Waals surface area contributed by atoms with E-state index in [0.29, 0.717) is 10.0 Å². The highest BCUT2D eigenvalue weighted by Gasteiger charge is 2.17. The lowest BCUT2D eigenvalue weighted by Gasteiger charge is -2.10. The first-order chi connectivity index (χ1) is 7.20. The molecule has 0 aliphatic carbocycles. The molecule has 0 nitrogen and oxygen atoms in total. The van der Waals surface area contributed by atoms with Crippen molar-refractivity contribution in [3.8, 4) is 0 Å². The van der Waals surface area contributed by atoms with Gasteiger partial charge in [0.2, 0.25) is 0 Å². The molecule has 0 N–H and O–H groups in total. The highest BCUT2D eigenvalue weighted by atomic mass is 35.5. The molecule has 1 atom stereocenters. The standard InChI is InChI=1S/C11H7Cl3S/c12-8-4-2-1-3-7(8)10(14)11-9(13)5-6-15-11/h1-6,10H. The summed E-state index contributed by atoms with van der Waals surface area (Å²) in [6, 6.07) is 9.38. The van der Waals surface area contributed by atoms with E-state index in [1.807, 2.05) is 35.7 Å². The minimum Gasteiger partial charge on any atom is -0.145 e. The summed E-state index contributed by atoms with van der Waals surface area (Å²) in [6.07, 6.45) is 0. The number of halogens is 3. The van der Waals surface area contributed by atoms with Crippen molar-refractivity contribution in [2.75, 3.05) is 0 Å². The van der Waals surface area contributed by atoms with Gasteiger partial charge < -0.3 is 0 Å². The summed E-state index contributed by atoms with van der Waals surface area (Å²) in [5, 5.41) is 3.01. The van der Waals surface area contributed by atoms with Crippen molar-refractivity contribution in [2.24, 2.45) is 0 Å². The predicted molar refractivity (Wildman–Crippen MR) is 68.5 cm³/mol. The fourth-order valence-electron chi connectivity index (χ4n) is 1.31. The maximum Gasteiger partial charge on any atom is 0.0957 e. The first-order valence-corrected chi connectivity index (χ1v) is 6.38. The molecule has 4 heteroatoms. The molecule has 2 aromatic rings. The molecule has 0 radical (unpaired) electrons. The average molecular weight is 278 g/mol. The van der Waals surface area contributed by atoms with Crippen LogP contribution in [0, 0.1) is 0 Å². The van der Waals surface area contributed by atoms with Crippen LogP contribution in [0.15, 0.2) is 35.7 Å². The molecule has 2 rings (SSSR count). The van der Waals surface area contributed by atoms with E-state index in [0.717, 1.165) is 10.4 Å².